The van der Waals surface area contributed by atoms with Crippen molar-refractivity contribution in [3.63, 3.8) is 0 Å². The largest absolute Gasteiger partial charge is 1.00 e. The summed E-state index contributed by atoms with van der Waals surface area (Å²) in [5.74, 6) is -2.55. The fourth-order valence-electron chi connectivity index (χ4n) is 5.68. The summed E-state index contributed by atoms with van der Waals surface area (Å²) < 4.78 is 91.3. The van der Waals surface area contributed by atoms with Gasteiger partial charge in [-0.2, -0.15) is 28.8 Å². The van der Waals surface area contributed by atoms with E-state index in [0.717, 1.165) is 17.8 Å². The molecule has 1 aromatic heterocycles. The molecule has 0 aliphatic carbocycles. The predicted octanol–water partition coefficient (Wildman–Crippen LogP) is -4.06. The Kier molecular flexibility index (Phi) is 23.1. The molecule has 0 saturated carbocycles. The number of benzene rings is 5. The van der Waals surface area contributed by atoms with E-state index in [2.05, 4.69) is 59.9 Å². The summed E-state index contributed by atoms with van der Waals surface area (Å²) in [6.45, 7) is -0.340. The SMILES string of the molecule is C[N+](C)(C)c1ccc(Nc2nc(F)nc(Nc3cc4c(O)c(N=Nc5ccc(C(=O)Nc6cccc(S(=O)(=O)CCOSOO[O-])c6)cc5)c(SOO[O-])cc4cc3S(=O)(=O)[O-])n2)cc1.[Na+].[Na+].[Na+]. The number of amides is 1. The van der Waals surface area contributed by atoms with Crippen LogP contribution in [0, 0.1) is 6.08 Å². The molecule has 1 heterocycles. The van der Waals surface area contributed by atoms with Gasteiger partial charge in [0.2, 0.25) is 11.9 Å². The number of azo groups is 1. The fourth-order valence-corrected chi connectivity index (χ4v) is 8.27. The van der Waals surface area contributed by atoms with E-state index in [4.69, 9.17) is 4.18 Å². The van der Waals surface area contributed by atoms with Crippen molar-refractivity contribution in [2.75, 3.05) is 49.5 Å². The third-order valence-electron chi connectivity index (χ3n) is 8.71. The number of aromatic hydroxyl groups is 1. The van der Waals surface area contributed by atoms with Crippen molar-refractivity contribution in [3.05, 3.63) is 103 Å². The predicted molar refractivity (Wildman–Crippen MR) is 227 cm³/mol. The normalized spacial score (nSPS) is 11.6. The Balaban J connectivity index is 0.00000408. The van der Waals surface area contributed by atoms with Gasteiger partial charge in [-0.25, -0.2) is 16.8 Å². The zero-order valence-corrected chi connectivity index (χ0v) is 45.8. The smallest absolute Gasteiger partial charge is 0.744 e. The maximum atomic E-state index is 14.7. The molecule has 23 nitrogen and oxygen atoms in total. The number of nitrogens with zero attached hydrogens (tertiary/aromatic N) is 6. The zero-order chi connectivity index (χ0) is 46.9. The zero-order valence-electron chi connectivity index (χ0n) is 36.5. The maximum Gasteiger partial charge on any atom is 1.00 e. The van der Waals surface area contributed by atoms with Gasteiger partial charge in [0.15, 0.2) is 27.9 Å². The molecule has 0 saturated heterocycles. The van der Waals surface area contributed by atoms with Crippen LogP contribution in [-0.4, -0.2) is 80.9 Å². The van der Waals surface area contributed by atoms with Crippen molar-refractivity contribution in [1.29, 1.82) is 0 Å². The summed E-state index contributed by atoms with van der Waals surface area (Å²) in [6, 6.07) is 21.2. The number of sulfone groups is 1. The van der Waals surface area contributed by atoms with Crippen LogP contribution in [0.25, 0.3) is 10.8 Å². The molecule has 0 aliphatic rings. The van der Waals surface area contributed by atoms with Crippen LogP contribution in [0.15, 0.2) is 116 Å². The number of anilines is 5. The monoisotopic (exact) mass is 1040 g/mol. The molecule has 342 valence electrons. The minimum Gasteiger partial charge on any atom is -0.744 e. The molecule has 0 radical (unpaired) electrons. The molecular weight excluding hydrogens is 1010 g/mol. The van der Waals surface area contributed by atoms with E-state index in [9.17, 15) is 46.2 Å². The van der Waals surface area contributed by atoms with Crippen molar-refractivity contribution in [2.45, 2.75) is 14.7 Å². The van der Waals surface area contributed by atoms with Crippen molar-refractivity contribution in [2.24, 2.45) is 10.2 Å². The van der Waals surface area contributed by atoms with E-state index in [0.29, 0.717) is 10.2 Å². The average Bonchev–Trinajstić information content (AvgIpc) is 3.25. The first-order valence-corrected chi connectivity index (χ1v) is 22.5. The van der Waals surface area contributed by atoms with Gasteiger partial charge in [-0.05, 0) is 78.2 Å². The van der Waals surface area contributed by atoms with E-state index in [-0.39, 0.29) is 169 Å². The van der Waals surface area contributed by atoms with E-state index in [1.54, 1.807) is 12.1 Å². The topological polar surface area (TPSA) is 320 Å². The number of phenols is 1. The molecule has 1 amide bonds. The Morgan fingerprint density at radius 3 is 2.12 bits per heavy atom. The third kappa shape index (κ3) is 16.3. The van der Waals surface area contributed by atoms with Crippen molar-refractivity contribution in [1.82, 2.24) is 19.4 Å². The molecule has 0 atom stereocenters. The van der Waals surface area contributed by atoms with Gasteiger partial charge >= 0.3 is 94.8 Å². The van der Waals surface area contributed by atoms with Crippen LogP contribution in [-0.2, 0) is 42.9 Å². The molecule has 0 bridgehead atoms. The summed E-state index contributed by atoms with van der Waals surface area (Å²) in [5.41, 5.74) is 1.05. The number of nitrogens with one attached hydrogen (secondary N) is 3. The summed E-state index contributed by atoms with van der Waals surface area (Å²) in [5, 5.41) is 54.5. The van der Waals surface area contributed by atoms with Crippen LogP contribution < -0.4 is 120 Å². The van der Waals surface area contributed by atoms with Crippen molar-refractivity contribution >= 4 is 107 Å². The number of carbonyl (C=O) groups excluding carboxylic acids is 1. The van der Waals surface area contributed by atoms with Gasteiger partial charge in [-0.15, -0.1) is 9.45 Å². The molecule has 68 heavy (non-hydrogen) atoms. The Morgan fingerprint density at radius 1 is 0.824 bits per heavy atom. The second-order valence-electron chi connectivity index (χ2n) is 13.9. The standard InChI is InChI=1S/C37H34FN9O14S4.3Na/c1-47(2,3)26-13-11-23(12-14-26)40-36-42-35(38)43-37(44-36)41-29-20-28-22(18-31(29)65(54,55)56)17-30(62-60-58-50)32(33(28)48)46-45-24-9-7-21(8-10-24)34(49)39-25-5-4-6-27(19-25)64(52,53)16-15-57-63-61-59-51;;;/h4-14,17-20H,15-16H2,1-3H3,(H6-,39,40,41,42,43,44,45,46,48,49,50,51,54,55,56);;;/q;3*+1/p-2. The number of carbonyl (C=O) groups is 1. The summed E-state index contributed by atoms with van der Waals surface area (Å²) >= 11 is 0.431. The van der Waals surface area contributed by atoms with Crippen LogP contribution in [0.5, 0.6) is 5.75 Å². The van der Waals surface area contributed by atoms with E-state index in [1.807, 2.05) is 33.3 Å². The van der Waals surface area contributed by atoms with Crippen LogP contribution in [0.2, 0.25) is 0 Å². The average molecular weight is 1040 g/mol. The number of quaternary nitrogens is 1. The number of fused-ring (bicyclic) bond motifs is 1. The van der Waals surface area contributed by atoms with Crippen LogP contribution in [0.1, 0.15) is 10.4 Å². The van der Waals surface area contributed by atoms with Crippen LogP contribution in [0.3, 0.4) is 0 Å². The Morgan fingerprint density at radius 2 is 1.49 bits per heavy atom. The van der Waals surface area contributed by atoms with Gasteiger partial charge in [-0.1, -0.05) is 6.07 Å². The molecule has 4 N–H and O–H groups in total. The minimum atomic E-state index is -5.27. The van der Waals surface area contributed by atoms with E-state index in [1.165, 1.54) is 54.6 Å². The quantitative estimate of drug-likeness (QED) is 0.00826. The number of aromatic nitrogens is 3. The van der Waals surface area contributed by atoms with Gasteiger partial charge in [0.1, 0.15) is 21.5 Å². The summed E-state index contributed by atoms with van der Waals surface area (Å²) in [7, 11) is -3.22. The third-order valence-corrected chi connectivity index (χ3v) is 12.3. The maximum absolute atomic E-state index is 14.7. The van der Waals surface area contributed by atoms with Gasteiger partial charge in [0.05, 0.1) is 71.6 Å². The van der Waals surface area contributed by atoms with E-state index >= 15 is 0 Å². The van der Waals surface area contributed by atoms with Gasteiger partial charge in [-0.3, -0.25) is 23.5 Å². The van der Waals surface area contributed by atoms with E-state index < -0.39 is 60.0 Å². The summed E-state index contributed by atoms with van der Waals surface area (Å²) in [4.78, 5) is 23.3. The second kappa shape index (κ2) is 26.5. The minimum absolute atomic E-state index is 0. The first-order chi connectivity index (χ1) is 30.8. The Bertz CT molecular complexity index is 2970. The van der Waals surface area contributed by atoms with Gasteiger partial charge in [0.25, 0.3) is 5.91 Å². The Hall–Kier alpha value is -2.99. The van der Waals surface area contributed by atoms with Crippen molar-refractivity contribution in [3.8, 4) is 5.75 Å². The summed E-state index contributed by atoms with van der Waals surface area (Å²) in [6.07, 6.45) is -1.26. The number of halogens is 1. The molecule has 0 aliphatic heterocycles. The molecule has 0 spiro atoms. The molecular formula is C37H32FN9Na3O14S4+. The van der Waals surface area contributed by atoms with Gasteiger partial charge in [0, 0.05) is 34.5 Å². The van der Waals surface area contributed by atoms with Crippen LogP contribution in [0.4, 0.5) is 50.4 Å². The second-order valence-corrected chi connectivity index (χ2v) is 18.7. The first kappa shape index (κ1) is 59.3. The molecule has 31 heteroatoms. The number of phenolic OH excluding ortho intramolecular Hbond substituents is 1. The fraction of sp³-hybridized carbons (Fsp3) is 0.135. The number of rotatable bonds is 20. The first-order valence-electron chi connectivity index (χ1n) is 18.1. The Labute approximate surface area is 462 Å². The number of hydrogen-bond acceptors (Lipinski definition) is 23. The molecule has 6 rings (SSSR count). The molecule has 6 aromatic rings. The molecule has 5 aromatic carbocycles. The van der Waals surface area contributed by atoms with Crippen LogP contribution >= 0.6 is 24.4 Å². The molecule has 0 unspecified atom stereocenters. The number of hydrogen-bond donors (Lipinski definition) is 4. The van der Waals surface area contributed by atoms with Gasteiger partial charge < -0.3 is 36.1 Å². The van der Waals surface area contributed by atoms with Crippen molar-refractivity contribution < 1.29 is 158 Å². The molecule has 0 fully saturated rings.